The van der Waals surface area contributed by atoms with Gasteiger partial charge in [0.25, 0.3) is 5.91 Å². The van der Waals surface area contributed by atoms with Crippen molar-refractivity contribution in [1.29, 1.82) is 5.26 Å². The fraction of sp³-hybridized carbons (Fsp3) is 0. The van der Waals surface area contributed by atoms with Crippen molar-refractivity contribution in [3.05, 3.63) is 70.8 Å². The molecular weight excluding hydrogens is 330 g/mol. The molecule has 4 nitrogen and oxygen atoms in total. The number of hydrogen-bond acceptors (Lipinski definition) is 3. The van der Waals surface area contributed by atoms with Crippen molar-refractivity contribution in [3.63, 3.8) is 0 Å². The SMILES string of the molecule is N#CC(=CNc1cccc(Br)c1)C(=O)Nc1ccccc1. The van der Waals surface area contributed by atoms with Gasteiger partial charge < -0.3 is 10.6 Å². The Kier molecular flexibility index (Phi) is 5.13. The number of carbonyl (C=O) groups is 1. The van der Waals surface area contributed by atoms with E-state index in [1.54, 1.807) is 12.1 Å². The zero-order valence-electron chi connectivity index (χ0n) is 11.0. The van der Waals surface area contributed by atoms with Crippen LogP contribution in [0.1, 0.15) is 0 Å². The Labute approximate surface area is 131 Å². The van der Waals surface area contributed by atoms with Crippen LogP contribution in [-0.2, 0) is 4.79 Å². The van der Waals surface area contributed by atoms with Gasteiger partial charge in [-0.1, -0.05) is 40.2 Å². The number of para-hydroxylation sites is 1. The Morgan fingerprint density at radius 1 is 1.10 bits per heavy atom. The summed E-state index contributed by atoms with van der Waals surface area (Å²) in [5.41, 5.74) is 1.43. The van der Waals surface area contributed by atoms with Crippen LogP contribution in [0.15, 0.2) is 70.8 Å². The summed E-state index contributed by atoms with van der Waals surface area (Å²) in [5, 5.41) is 14.7. The highest BCUT2D eigenvalue weighted by atomic mass is 79.9. The number of anilines is 2. The minimum Gasteiger partial charge on any atom is -0.360 e. The minimum absolute atomic E-state index is 0.00108. The maximum Gasteiger partial charge on any atom is 0.267 e. The normalized spacial score (nSPS) is 10.6. The third-order valence-electron chi connectivity index (χ3n) is 2.60. The van der Waals surface area contributed by atoms with Crippen molar-refractivity contribution in [2.45, 2.75) is 0 Å². The van der Waals surface area contributed by atoms with Crippen LogP contribution in [0.3, 0.4) is 0 Å². The highest BCUT2D eigenvalue weighted by molar-refractivity contribution is 9.10. The van der Waals surface area contributed by atoms with Crippen molar-refractivity contribution < 1.29 is 4.79 Å². The lowest BCUT2D eigenvalue weighted by Gasteiger charge is -2.05. The Balaban J connectivity index is 2.07. The number of nitrogens with one attached hydrogen (secondary N) is 2. The van der Waals surface area contributed by atoms with E-state index in [1.165, 1.54) is 6.20 Å². The molecule has 0 heterocycles. The van der Waals surface area contributed by atoms with E-state index >= 15 is 0 Å². The molecule has 0 unspecified atom stereocenters. The number of benzene rings is 2. The van der Waals surface area contributed by atoms with E-state index < -0.39 is 5.91 Å². The van der Waals surface area contributed by atoms with E-state index in [0.29, 0.717) is 5.69 Å². The zero-order chi connectivity index (χ0) is 15.1. The van der Waals surface area contributed by atoms with Crippen LogP contribution in [0.5, 0.6) is 0 Å². The van der Waals surface area contributed by atoms with Gasteiger partial charge in [0.2, 0.25) is 0 Å². The molecule has 5 heteroatoms. The molecule has 0 radical (unpaired) electrons. The van der Waals surface area contributed by atoms with Gasteiger partial charge >= 0.3 is 0 Å². The van der Waals surface area contributed by atoms with Gasteiger partial charge in [-0.15, -0.1) is 0 Å². The highest BCUT2D eigenvalue weighted by Crippen LogP contribution is 2.16. The number of rotatable bonds is 4. The maximum atomic E-state index is 12.0. The van der Waals surface area contributed by atoms with Crippen LogP contribution in [0.25, 0.3) is 0 Å². The van der Waals surface area contributed by atoms with Gasteiger partial charge in [-0.3, -0.25) is 4.79 Å². The topological polar surface area (TPSA) is 64.9 Å². The maximum absolute atomic E-state index is 12.0. The lowest BCUT2D eigenvalue weighted by molar-refractivity contribution is -0.112. The Bertz CT molecular complexity index is 705. The number of amides is 1. The molecule has 2 rings (SSSR count). The molecule has 0 saturated heterocycles. The van der Waals surface area contributed by atoms with Gasteiger partial charge in [0.05, 0.1) is 0 Å². The number of halogens is 1. The molecule has 0 aromatic heterocycles. The van der Waals surface area contributed by atoms with Crippen molar-refractivity contribution in [3.8, 4) is 6.07 Å². The van der Waals surface area contributed by atoms with Gasteiger partial charge in [0, 0.05) is 22.0 Å². The second kappa shape index (κ2) is 7.27. The fourth-order valence-corrected chi connectivity index (χ4v) is 2.00. The molecule has 0 spiro atoms. The average Bonchev–Trinajstić information content (AvgIpc) is 2.49. The van der Waals surface area contributed by atoms with Crippen LogP contribution in [-0.4, -0.2) is 5.91 Å². The summed E-state index contributed by atoms with van der Waals surface area (Å²) in [6.45, 7) is 0. The predicted molar refractivity (Wildman–Crippen MR) is 86.5 cm³/mol. The van der Waals surface area contributed by atoms with Gasteiger partial charge in [0.15, 0.2) is 0 Å². The lowest BCUT2D eigenvalue weighted by atomic mass is 10.2. The molecule has 104 valence electrons. The molecule has 2 aromatic rings. The molecule has 0 aliphatic carbocycles. The van der Waals surface area contributed by atoms with Crippen molar-refractivity contribution in [1.82, 2.24) is 0 Å². The molecule has 0 bridgehead atoms. The monoisotopic (exact) mass is 341 g/mol. The first-order valence-corrected chi connectivity index (χ1v) is 6.97. The van der Waals surface area contributed by atoms with Crippen LogP contribution in [0.4, 0.5) is 11.4 Å². The standard InChI is InChI=1S/C16H12BrN3O/c17-13-5-4-8-15(9-13)19-11-12(10-18)16(21)20-14-6-2-1-3-7-14/h1-9,11,19H,(H,20,21). The van der Waals surface area contributed by atoms with E-state index in [0.717, 1.165) is 10.2 Å². The van der Waals surface area contributed by atoms with Gasteiger partial charge in [-0.25, -0.2) is 0 Å². The molecule has 21 heavy (non-hydrogen) atoms. The highest BCUT2D eigenvalue weighted by Gasteiger charge is 2.08. The summed E-state index contributed by atoms with van der Waals surface area (Å²) in [5.74, 6) is -0.453. The number of nitriles is 1. The Morgan fingerprint density at radius 2 is 1.81 bits per heavy atom. The first-order chi connectivity index (χ1) is 10.2. The Hall–Kier alpha value is -2.58. The predicted octanol–water partition coefficient (Wildman–Crippen LogP) is 3.91. The van der Waals surface area contributed by atoms with Crippen LogP contribution >= 0.6 is 15.9 Å². The third-order valence-corrected chi connectivity index (χ3v) is 3.10. The zero-order valence-corrected chi connectivity index (χ0v) is 12.6. The molecule has 1 amide bonds. The number of carbonyl (C=O) groups excluding carboxylic acids is 1. The fourth-order valence-electron chi connectivity index (χ4n) is 1.60. The average molecular weight is 342 g/mol. The summed E-state index contributed by atoms with van der Waals surface area (Å²) in [7, 11) is 0. The first-order valence-electron chi connectivity index (χ1n) is 6.18. The third kappa shape index (κ3) is 4.48. The summed E-state index contributed by atoms with van der Waals surface area (Å²) in [6, 6.07) is 18.3. The number of nitrogens with zero attached hydrogens (tertiary/aromatic N) is 1. The van der Waals surface area contributed by atoms with Crippen molar-refractivity contribution >= 4 is 33.2 Å². The summed E-state index contributed by atoms with van der Waals surface area (Å²) in [6.07, 6.45) is 1.39. The van der Waals surface area contributed by atoms with Crippen LogP contribution in [0.2, 0.25) is 0 Å². The molecule has 2 N–H and O–H groups in total. The first kappa shape index (κ1) is 14.8. The smallest absolute Gasteiger partial charge is 0.267 e. The largest absolute Gasteiger partial charge is 0.360 e. The molecule has 2 aromatic carbocycles. The second-order valence-corrected chi connectivity index (χ2v) is 5.06. The van der Waals surface area contributed by atoms with Crippen molar-refractivity contribution in [2.24, 2.45) is 0 Å². The van der Waals surface area contributed by atoms with Gasteiger partial charge in [-0.2, -0.15) is 5.26 Å². The van der Waals surface area contributed by atoms with Gasteiger partial charge in [0.1, 0.15) is 11.6 Å². The molecule has 0 fully saturated rings. The van der Waals surface area contributed by atoms with E-state index in [-0.39, 0.29) is 5.57 Å². The van der Waals surface area contributed by atoms with Crippen LogP contribution < -0.4 is 10.6 Å². The summed E-state index contributed by atoms with van der Waals surface area (Å²) >= 11 is 3.35. The van der Waals surface area contributed by atoms with Crippen LogP contribution in [0, 0.1) is 11.3 Å². The molecular formula is C16H12BrN3O. The summed E-state index contributed by atoms with van der Waals surface area (Å²) in [4.78, 5) is 12.0. The molecule has 0 aliphatic rings. The Morgan fingerprint density at radius 3 is 2.48 bits per heavy atom. The second-order valence-electron chi connectivity index (χ2n) is 4.14. The van der Waals surface area contributed by atoms with E-state index in [9.17, 15) is 4.79 Å². The van der Waals surface area contributed by atoms with E-state index in [2.05, 4.69) is 26.6 Å². The molecule has 0 atom stereocenters. The quantitative estimate of drug-likeness (QED) is 0.654. The van der Waals surface area contributed by atoms with Gasteiger partial charge in [-0.05, 0) is 30.3 Å². The van der Waals surface area contributed by atoms with E-state index in [1.807, 2.05) is 48.5 Å². The molecule has 0 aliphatic heterocycles. The summed E-state index contributed by atoms with van der Waals surface area (Å²) < 4.78 is 0.910. The molecule has 0 saturated carbocycles. The lowest BCUT2D eigenvalue weighted by Crippen LogP contribution is -2.14. The van der Waals surface area contributed by atoms with E-state index in [4.69, 9.17) is 5.26 Å². The van der Waals surface area contributed by atoms with Crippen molar-refractivity contribution in [2.75, 3.05) is 10.6 Å². The minimum atomic E-state index is -0.453. The number of hydrogen-bond donors (Lipinski definition) is 2.